The van der Waals surface area contributed by atoms with Crippen molar-refractivity contribution in [3.8, 4) is 0 Å². The molecule has 1 heterocycles. The summed E-state index contributed by atoms with van der Waals surface area (Å²) in [5, 5.41) is 6.83. The highest BCUT2D eigenvalue weighted by Gasteiger charge is 2.08. The molecule has 24 heavy (non-hydrogen) atoms. The van der Waals surface area contributed by atoms with Crippen LogP contribution in [0, 0.1) is 13.8 Å². The van der Waals surface area contributed by atoms with Gasteiger partial charge in [-0.05, 0) is 37.5 Å². The quantitative estimate of drug-likeness (QED) is 0.694. The summed E-state index contributed by atoms with van der Waals surface area (Å²) in [6, 6.07) is 18.7. The van der Waals surface area contributed by atoms with E-state index in [1.807, 2.05) is 24.3 Å². The lowest BCUT2D eigenvalue weighted by Gasteiger charge is -2.16. The Morgan fingerprint density at radius 1 is 0.833 bits per heavy atom. The first-order valence-electron chi connectivity index (χ1n) is 8.10. The van der Waals surface area contributed by atoms with Crippen LogP contribution in [0.15, 0.2) is 60.9 Å². The molecular weight excluding hydrogens is 296 g/mol. The van der Waals surface area contributed by atoms with Gasteiger partial charge in [-0.1, -0.05) is 48.5 Å². The number of hydrogen-bond donors (Lipinski definition) is 2. The van der Waals surface area contributed by atoms with Crippen molar-refractivity contribution in [1.29, 1.82) is 0 Å². The van der Waals surface area contributed by atoms with Crippen molar-refractivity contribution in [3.05, 3.63) is 77.6 Å². The van der Waals surface area contributed by atoms with Gasteiger partial charge >= 0.3 is 0 Å². The molecule has 0 amide bonds. The van der Waals surface area contributed by atoms with Crippen LogP contribution in [-0.2, 0) is 0 Å². The van der Waals surface area contributed by atoms with Crippen molar-refractivity contribution < 1.29 is 0 Å². The van der Waals surface area contributed by atoms with Crippen LogP contribution >= 0.6 is 0 Å². The Balaban J connectivity index is 1.77. The number of hydrogen-bond acceptors (Lipinski definition) is 4. The minimum Gasteiger partial charge on any atom is -0.363 e. The smallest absolute Gasteiger partial charge is 0.135 e. The van der Waals surface area contributed by atoms with E-state index in [4.69, 9.17) is 0 Å². The van der Waals surface area contributed by atoms with Crippen molar-refractivity contribution in [2.75, 3.05) is 10.6 Å². The zero-order valence-electron chi connectivity index (χ0n) is 14.2. The van der Waals surface area contributed by atoms with Gasteiger partial charge in [-0.15, -0.1) is 0 Å². The standard InChI is InChI=1S/C20H22N4/c1-14-8-7-9-15(2)20(14)24-19-12-18(21-13-22-19)23-16(3)17-10-5-4-6-11-17/h4-13,16H,1-3H3,(H2,21,22,23,24). The topological polar surface area (TPSA) is 49.8 Å². The van der Waals surface area contributed by atoms with Crippen LogP contribution in [0.3, 0.4) is 0 Å². The Kier molecular flexibility index (Phi) is 4.75. The second kappa shape index (κ2) is 7.13. The predicted molar refractivity (Wildman–Crippen MR) is 99.7 cm³/mol. The molecule has 3 rings (SSSR count). The molecule has 0 aliphatic heterocycles. The van der Waals surface area contributed by atoms with Crippen LogP contribution in [0.25, 0.3) is 0 Å². The molecule has 0 saturated heterocycles. The summed E-state index contributed by atoms with van der Waals surface area (Å²) < 4.78 is 0. The summed E-state index contributed by atoms with van der Waals surface area (Å²) in [5.74, 6) is 1.58. The van der Waals surface area contributed by atoms with Crippen molar-refractivity contribution in [2.24, 2.45) is 0 Å². The fourth-order valence-corrected chi connectivity index (χ4v) is 2.69. The zero-order valence-corrected chi connectivity index (χ0v) is 14.2. The molecule has 0 radical (unpaired) electrons. The van der Waals surface area contributed by atoms with E-state index in [1.165, 1.54) is 16.7 Å². The number of nitrogens with zero attached hydrogens (tertiary/aromatic N) is 2. The van der Waals surface area contributed by atoms with Gasteiger partial charge in [0.05, 0.1) is 0 Å². The minimum atomic E-state index is 0.175. The van der Waals surface area contributed by atoms with Gasteiger partial charge in [0.2, 0.25) is 0 Å². The molecular formula is C20H22N4. The molecule has 1 atom stereocenters. The van der Waals surface area contributed by atoms with E-state index >= 15 is 0 Å². The second-order valence-corrected chi connectivity index (χ2v) is 5.96. The van der Waals surface area contributed by atoms with Gasteiger partial charge in [0.1, 0.15) is 18.0 Å². The largest absolute Gasteiger partial charge is 0.363 e. The Bertz CT molecular complexity index is 795. The summed E-state index contributed by atoms with van der Waals surface area (Å²) in [7, 11) is 0. The van der Waals surface area contributed by atoms with Crippen LogP contribution in [0.2, 0.25) is 0 Å². The van der Waals surface area contributed by atoms with Crippen molar-refractivity contribution in [2.45, 2.75) is 26.8 Å². The Morgan fingerprint density at radius 2 is 1.50 bits per heavy atom. The monoisotopic (exact) mass is 318 g/mol. The third-order valence-corrected chi connectivity index (χ3v) is 4.07. The summed E-state index contributed by atoms with van der Waals surface area (Å²) in [6.45, 7) is 6.30. The third-order valence-electron chi connectivity index (χ3n) is 4.07. The average Bonchev–Trinajstić information content (AvgIpc) is 2.59. The van der Waals surface area contributed by atoms with Gasteiger partial charge in [0.25, 0.3) is 0 Å². The normalized spacial score (nSPS) is 11.8. The van der Waals surface area contributed by atoms with Crippen LogP contribution < -0.4 is 10.6 Å². The van der Waals surface area contributed by atoms with Crippen LogP contribution in [-0.4, -0.2) is 9.97 Å². The number of aryl methyl sites for hydroxylation is 2. The van der Waals surface area contributed by atoms with Gasteiger partial charge < -0.3 is 10.6 Å². The maximum Gasteiger partial charge on any atom is 0.135 e. The fraction of sp³-hybridized carbons (Fsp3) is 0.200. The number of anilines is 3. The van der Waals surface area contributed by atoms with Crippen molar-refractivity contribution >= 4 is 17.3 Å². The molecule has 0 spiro atoms. The molecule has 4 heteroatoms. The van der Waals surface area contributed by atoms with Gasteiger partial charge in [-0.2, -0.15) is 0 Å². The van der Waals surface area contributed by atoms with E-state index in [9.17, 15) is 0 Å². The van der Waals surface area contributed by atoms with Gasteiger partial charge in [-0.25, -0.2) is 9.97 Å². The van der Waals surface area contributed by atoms with Crippen LogP contribution in [0.4, 0.5) is 17.3 Å². The van der Waals surface area contributed by atoms with E-state index in [0.29, 0.717) is 0 Å². The van der Waals surface area contributed by atoms with Gasteiger partial charge in [0, 0.05) is 17.8 Å². The third kappa shape index (κ3) is 3.71. The molecule has 4 nitrogen and oxygen atoms in total. The molecule has 1 unspecified atom stereocenters. The second-order valence-electron chi connectivity index (χ2n) is 5.96. The SMILES string of the molecule is Cc1cccc(C)c1Nc1cc(NC(C)c2ccccc2)ncn1. The lowest BCUT2D eigenvalue weighted by Crippen LogP contribution is -2.08. The summed E-state index contributed by atoms with van der Waals surface area (Å²) in [6.07, 6.45) is 1.58. The molecule has 2 N–H and O–H groups in total. The van der Waals surface area contributed by atoms with E-state index < -0.39 is 0 Å². The zero-order chi connectivity index (χ0) is 16.9. The highest BCUT2D eigenvalue weighted by atomic mass is 15.1. The molecule has 1 aromatic heterocycles. The first-order valence-corrected chi connectivity index (χ1v) is 8.10. The number of para-hydroxylation sites is 1. The fourth-order valence-electron chi connectivity index (χ4n) is 2.69. The maximum absolute atomic E-state index is 4.33. The molecule has 0 fully saturated rings. The molecule has 0 aliphatic carbocycles. The highest BCUT2D eigenvalue weighted by Crippen LogP contribution is 2.25. The van der Waals surface area contributed by atoms with E-state index in [0.717, 1.165) is 17.3 Å². The molecule has 0 saturated carbocycles. The summed E-state index contributed by atoms with van der Waals surface area (Å²) in [5.41, 5.74) is 4.71. The number of rotatable bonds is 5. The Hall–Kier alpha value is -2.88. The molecule has 0 bridgehead atoms. The number of aromatic nitrogens is 2. The first kappa shape index (κ1) is 16.0. The maximum atomic E-state index is 4.33. The van der Waals surface area contributed by atoms with Gasteiger partial charge in [-0.3, -0.25) is 0 Å². The molecule has 2 aromatic carbocycles. The Labute approximate surface area is 143 Å². The number of benzene rings is 2. The van der Waals surface area contributed by atoms with Crippen LogP contribution in [0.5, 0.6) is 0 Å². The minimum absolute atomic E-state index is 0.175. The number of nitrogens with one attached hydrogen (secondary N) is 2. The van der Waals surface area contributed by atoms with Gasteiger partial charge in [0.15, 0.2) is 0 Å². The Morgan fingerprint density at radius 3 is 2.21 bits per heavy atom. The molecule has 3 aromatic rings. The summed E-state index contributed by atoms with van der Waals surface area (Å²) in [4.78, 5) is 8.66. The average molecular weight is 318 g/mol. The van der Waals surface area contributed by atoms with Crippen molar-refractivity contribution in [3.63, 3.8) is 0 Å². The van der Waals surface area contributed by atoms with E-state index in [-0.39, 0.29) is 6.04 Å². The molecule has 122 valence electrons. The lowest BCUT2D eigenvalue weighted by atomic mass is 10.1. The highest BCUT2D eigenvalue weighted by molar-refractivity contribution is 5.65. The van der Waals surface area contributed by atoms with E-state index in [2.05, 4.69) is 71.7 Å². The lowest BCUT2D eigenvalue weighted by molar-refractivity contribution is 0.872. The summed E-state index contributed by atoms with van der Waals surface area (Å²) >= 11 is 0. The van der Waals surface area contributed by atoms with Crippen molar-refractivity contribution in [1.82, 2.24) is 9.97 Å². The predicted octanol–water partition coefficient (Wildman–Crippen LogP) is 5.01. The molecule has 0 aliphatic rings. The first-order chi connectivity index (χ1) is 11.6. The van der Waals surface area contributed by atoms with E-state index in [1.54, 1.807) is 6.33 Å². The van der Waals surface area contributed by atoms with Crippen LogP contribution in [0.1, 0.15) is 29.7 Å².